The Morgan fingerprint density at radius 3 is 2.51 bits per heavy atom. The van der Waals surface area contributed by atoms with Crippen LogP contribution in [0.15, 0.2) is 47.1 Å². The first-order valence-electron chi connectivity index (χ1n) is 15.6. The van der Waals surface area contributed by atoms with Gasteiger partial charge in [-0.1, -0.05) is 19.1 Å². The number of halogens is 1. The SMILES string of the molecule is CCc1cc(Nc2ncc(Br)c(Nc3ccccc3P3(=O)CCCC3)n2)c(OC)cc1N1CCC(N2CCNCC2)CC1. The molecule has 230 valence electrons. The Morgan fingerprint density at radius 2 is 1.79 bits per heavy atom. The number of hydrogen-bond donors (Lipinski definition) is 3. The van der Waals surface area contributed by atoms with E-state index in [0.717, 1.165) is 97.8 Å². The number of benzene rings is 2. The summed E-state index contributed by atoms with van der Waals surface area (Å²) in [6, 6.07) is 12.9. The molecule has 3 fully saturated rings. The van der Waals surface area contributed by atoms with Crippen molar-refractivity contribution in [2.45, 2.75) is 45.1 Å². The zero-order chi connectivity index (χ0) is 29.8. The highest BCUT2D eigenvalue weighted by atomic mass is 79.9. The van der Waals surface area contributed by atoms with E-state index in [1.807, 2.05) is 24.3 Å². The number of methoxy groups -OCH3 is 1. The molecule has 0 spiro atoms. The summed E-state index contributed by atoms with van der Waals surface area (Å²) in [6.07, 6.45) is 8.61. The number of para-hydroxylation sites is 1. The molecule has 3 N–H and O–H groups in total. The van der Waals surface area contributed by atoms with Gasteiger partial charge in [0.15, 0.2) is 0 Å². The van der Waals surface area contributed by atoms with Crippen LogP contribution in [0.2, 0.25) is 0 Å². The third-order valence-electron chi connectivity index (χ3n) is 9.13. The van der Waals surface area contributed by atoms with Crippen LogP contribution < -0.4 is 30.9 Å². The number of nitrogens with one attached hydrogen (secondary N) is 3. The van der Waals surface area contributed by atoms with Crippen LogP contribution in [-0.4, -0.2) is 79.6 Å². The second kappa shape index (κ2) is 13.6. The number of piperidine rings is 1. The van der Waals surface area contributed by atoms with E-state index in [1.165, 1.54) is 24.1 Å². The molecule has 2 aromatic carbocycles. The summed E-state index contributed by atoms with van der Waals surface area (Å²) >= 11 is 3.61. The first-order valence-corrected chi connectivity index (χ1v) is 18.5. The maximum Gasteiger partial charge on any atom is 0.229 e. The third-order valence-corrected chi connectivity index (χ3v) is 13.1. The van der Waals surface area contributed by atoms with Gasteiger partial charge in [0.2, 0.25) is 5.95 Å². The molecule has 4 heterocycles. The molecule has 0 unspecified atom stereocenters. The summed E-state index contributed by atoms with van der Waals surface area (Å²) < 4.78 is 20.3. The molecular formula is C32H43BrN7O2P. The Morgan fingerprint density at radius 1 is 1.05 bits per heavy atom. The lowest BCUT2D eigenvalue weighted by Crippen LogP contribution is -2.52. The molecule has 3 aliphatic heterocycles. The van der Waals surface area contributed by atoms with Crippen molar-refractivity contribution in [2.75, 3.05) is 74.2 Å². The molecule has 0 amide bonds. The highest BCUT2D eigenvalue weighted by Gasteiger charge is 2.31. The number of hydrogen-bond acceptors (Lipinski definition) is 9. The fraction of sp³-hybridized carbons (Fsp3) is 0.500. The second-order valence-corrected chi connectivity index (χ2v) is 15.7. The Balaban J connectivity index is 1.20. The van der Waals surface area contributed by atoms with Crippen LogP contribution in [0.25, 0.3) is 0 Å². The van der Waals surface area contributed by atoms with E-state index in [4.69, 9.17) is 9.72 Å². The highest BCUT2D eigenvalue weighted by molar-refractivity contribution is 9.10. The van der Waals surface area contributed by atoms with Gasteiger partial charge in [0.05, 0.1) is 23.0 Å². The van der Waals surface area contributed by atoms with Gasteiger partial charge >= 0.3 is 0 Å². The zero-order valence-electron chi connectivity index (χ0n) is 25.2. The van der Waals surface area contributed by atoms with Crippen LogP contribution >= 0.6 is 23.1 Å². The average molecular weight is 669 g/mol. The normalized spacial score (nSPS) is 19.4. The first kappa shape index (κ1) is 30.4. The molecule has 0 atom stereocenters. The Labute approximate surface area is 263 Å². The largest absolute Gasteiger partial charge is 0.494 e. The van der Waals surface area contributed by atoms with E-state index in [-0.39, 0.29) is 0 Å². The van der Waals surface area contributed by atoms with Crippen molar-refractivity contribution in [3.8, 4) is 5.75 Å². The van der Waals surface area contributed by atoms with Gasteiger partial charge in [-0.25, -0.2) is 4.98 Å². The van der Waals surface area contributed by atoms with Crippen molar-refractivity contribution in [3.63, 3.8) is 0 Å². The number of nitrogens with zero attached hydrogens (tertiary/aromatic N) is 4. The van der Waals surface area contributed by atoms with Gasteiger partial charge in [-0.2, -0.15) is 4.98 Å². The number of aromatic nitrogens is 2. The summed E-state index contributed by atoms with van der Waals surface area (Å²) in [5.41, 5.74) is 4.20. The van der Waals surface area contributed by atoms with E-state index in [0.29, 0.717) is 17.8 Å². The van der Waals surface area contributed by atoms with Gasteiger partial charge in [0.1, 0.15) is 18.7 Å². The fourth-order valence-electron chi connectivity index (χ4n) is 6.76. The van der Waals surface area contributed by atoms with Crippen LogP contribution in [0.4, 0.5) is 28.8 Å². The minimum absolute atomic E-state index is 0.459. The third kappa shape index (κ3) is 6.72. The number of piperazine rings is 1. The van der Waals surface area contributed by atoms with Crippen molar-refractivity contribution in [1.82, 2.24) is 20.2 Å². The van der Waals surface area contributed by atoms with Crippen LogP contribution in [0.1, 0.15) is 38.2 Å². The van der Waals surface area contributed by atoms with Crippen LogP contribution in [0.3, 0.4) is 0 Å². The number of ether oxygens (including phenoxy) is 1. The van der Waals surface area contributed by atoms with Gasteiger partial charge in [-0.05, 0) is 71.8 Å². The molecule has 3 aromatic rings. The van der Waals surface area contributed by atoms with Crippen LogP contribution in [0, 0.1) is 0 Å². The maximum atomic E-state index is 13.7. The summed E-state index contributed by atoms with van der Waals surface area (Å²) in [6.45, 7) is 8.81. The molecule has 43 heavy (non-hydrogen) atoms. The quantitative estimate of drug-likeness (QED) is 0.239. The molecule has 11 heteroatoms. The van der Waals surface area contributed by atoms with Gasteiger partial charge in [-0.3, -0.25) is 4.90 Å². The molecular weight excluding hydrogens is 625 g/mol. The molecule has 0 bridgehead atoms. The van der Waals surface area contributed by atoms with Crippen molar-refractivity contribution in [3.05, 3.63) is 52.6 Å². The van der Waals surface area contributed by atoms with Crippen molar-refractivity contribution >= 4 is 57.2 Å². The topological polar surface area (TPSA) is 94.6 Å². The van der Waals surface area contributed by atoms with E-state index >= 15 is 0 Å². The Bertz CT molecular complexity index is 1460. The predicted octanol–water partition coefficient (Wildman–Crippen LogP) is 5.95. The molecule has 6 rings (SSSR count). The average Bonchev–Trinajstić information content (AvgIpc) is 3.50. The number of rotatable bonds is 9. The van der Waals surface area contributed by atoms with Gasteiger partial charge in [0.25, 0.3) is 0 Å². The summed E-state index contributed by atoms with van der Waals surface area (Å²) in [5.74, 6) is 1.84. The second-order valence-electron chi connectivity index (χ2n) is 11.7. The number of anilines is 5. The van der Waals surface area contributed by atoms with E-state index in [9.17, 15) is 4.57 Å². The summed E-state index contributed by atoms with van der Waals surface area (Å²) in [7, 11) is -0.676. The molecule has 9 nitrogen and oxygen atoms in total. The lowest BCUT2D eigenvalue weighted by Gasteiger charge is -2.41. The van der Waals surface area contributed by atoms with Crippen LogP contribution in [0.5, 0.6) is 5.75 Å². The smallest absolute Gasteiger partial charge is 0.229 e. The Kier molecular flexibility index (Phi) is 9.57. The summed E-state index contributed by atoms with van der Waals surface area (Å²) in [4.78, 5) is 14.5. The van der Waals surface area contributed by atoms with E-state index in [2.05, 4.69) is 65.7 Å². The van der Waals surface area contributed by atoms with Crippen molar-refractivity contribution < 1.29 is 9.30 Å². The lowest BCUT2D eigenvalue weighted by molar-refractivity contribution is 0.150. The van der Waals surface area contributed by atoms with Gasteiger partial charge in [-0.15, -0.1) is 0 Å². The van der Waals surface area contributed by atoms with E-state index < -0.39 is 7.14 Å². The molecule has 3 aliphatic rings. The molecule has 3 saturated heterocycles. The van der Waals surface area contributed by atoms with Crippen molar-refractivity contribution in [1.29, 1.82) is 0 Å². The summed E-state index contributed by atoms with van der Waals surface area (Å²) in [5, 5.41) is 11.2. The van der Waals surface area contributed by atoms with E-state index in [1.54, 1.807) is 13.3 Å². The fourth-order valence-corrected chi connectivity index (χ4v) is 10.2. The zero-order valence-corrected chi connectivity index (χ0v) is 27.7. The van der Waals surface area contributed by atoms with Gasteiger partial charge in [0, 0.05) is 80.9 Å². The number of aryl methyl sites for hydroxylation is 1. The first-order chi connectivity index (χ1) is 21.0. The standard InChI is InChI=1S/C32H43BrN7O2P/c1-3-23-20-27(29(42-2)21-28(23)40-14-10-24(11-15-40)39-16-12-34-13-17-39)37-32-35-22-25(33)31(38-32)36-26-8-4-5-9-30(26)43(41)18-6-7-19-43/h4-5,8-9,20-22,24,34H,3,6-7,10-19H2,1-2H3,(H2,35,36,37,38). The maximum absolute atomic E-state index is 13.7. The lowest BCUT2D eigenvalue weighted by atomic mass is 9.99. The molecule has 0 saturated carbocycles. The van der Waals surface area contributed by atoms with Crippen LogP contribution in [-0.2, 0) is 11.0 Å². The highest BCUT2D eigenvalue weighted by Crippen LogP contribution is 2.52. The molecule has 0 radical (unpaired) electrons. The minimum Gasteiger partial charge on any atom is -0.494 e. The molecule has 1 aromatic heterocycles. The van der Waals surface area contributed by atoms with Gasteiger partial charge < -0.3 is 30.2 Å². The minimum atomic E-state index is -2.39. The Hall–Kier alpha value is -2.65. The molecule has 0 aliphatic carbocycles. The monoisotopic (exact) mass is 667 g/mol. The van der Waals surface area contributed by atoms with Crippen molar-refractivity contribution in [2.24, 2.45) is 0 Å². The predicted molar refractivity (Wildman–Crippen MR) is 181 cm³/mol.